The van der Waals surface area contributed by atoms with Gasteiger partial charge in [0.2, 0.25) is 17.7 Å². The summed E-state index contributed by atoms with van der Waals surface area (Å²) < 4.78 is 0. The molecule has 41 heavy (non-hydrogen) atoms. The van der Waals surface area contributed by atoms with Gasteiger partial charge in [0.25, 0.3) is 0 Å². The predicted octanol–water partition coefficient (Wildman–Crippen LogP) is 2.90. The average Bonchev–Trinajstić information content (AvgIpc) is 2.94. The molecule has 0 saturated heterocycles. The summed E-state index contributed by atoms with van der Waals surface area (Å²) in [6.07, 6.45) is 4.13. The Kier molecular flexibility index (Phi) is 12.1. The van der Waals surface area contributed by atoms with Gasteiger partial charge in [-0.2, -0.15) is 0 Å². The lowest BCUT2D eigenvalue weighted by Crippen LogP contribution is -2.39. The molecule has 0 fully saturated rings. The molecule has 0 spiro atoms. The third-order valence-electron chi connectivity index (χ3n) is 6.40. The number of hydrogen-bond donors (Lipinski definition) is 3. The molecule has 0 aliphatic heterocycles. The van der Waals surface area contributed by atoms with Gasteiger partial charge in [-0.25, -0.2) is 0 Å². The number of anilines is 1. The van der Waals surface area contributed by atoms with Crippen LogP contribution >= 0.6 is 0 Å². The summed E-state index contributed by atoms with van der Waals surface area (Å²) in [6.45, 7) is 6.27. The molecule has 2 aromatic heterocycles. The summed E-state index contributed by atoms with van der Waals surface area (Å²) >= 11 is 0. The fraction of sp³-hybridized carbons (Fsp3) is 0.355. The van der Waals surface area contributed by atoms with Gasteiger partial charge < -0.3 is 16.0 Å². The number of amides is 3. The van der Waals surface area contributed by atoms with E-state index in [9.17, 15) is 19.2 Å². The highest BCUT2D eigenvalue weighted by Gasteiger charge is 2.21. The molecule has 3 rings (SSSR count). The summed E-state index contributed by atoms with van der Waals surface area (Å²) in [5.41, 5.74) is 3.42. The van der Waals surface area contributed by atoms with Crippen molar-refractivity contribution in [2.45, 2.75) is 52.7 Å². The SMILES string of the molecule is CC(=O)N[C@H](C)C(=O)C[C@H](C)C(=O)NCCc1ccc(NC(=O)CN(Cc2ccccn2)Cc2ccccn2)cc1. The van der Waals surface area contributed by atoms with Crippen LogP contribution in [0.3, 0.4) is 0 Å². The van der Waals surface area contributed by atoms with Crippen LogP contribution < -0.4 is 16.0 Å². The average molecular weight is 559 g/mol. The Morgan fingerprint density at radius 3 is 2.00 bits per heavy atom. The van der Waals surface area contributed by atoms with E-state index >= 15 is 0 Å². The van der Waals surface area contributed by atoms with Gasteiger partial charge in [0, 0.05) is 57.0 Å². The van der Waals surface area contributed by atoms with Crippen molar-refractivity contribution in [3.63, 3.8) is 0 Å². The van der Waals surface area contributed by atoms with Gasteiger partial charge >= 0.3 is 0 Å². The zero-order valence-electron chi connectivity index (χ0n) is 23.8. The molecule has 0 saturated carbocycles. The second-order valence-corrected chi connectivity index (χ2v) is 10.1. The highest BCUT2D eigenvalue weighted by molar-refractivity contribution is 5.92. The number of pyridine rings is 2. The largest absolute Gasteiger partial charge is 0.356 e. The first-order chi connectivity index (χ1) is 19.7. The van der Waals surface area contributed by atoms with Crippen molar-refractivity contribution in [1.82, 2.24) is 25.5 Å². The standard InChI is InChI=1S/C31H38N6O4/c1-22(18-29(39)23(2)35-24(3)38)31(41)34-17-14-25-10-12-26(13-11-25)36-30(40)21-37(19-27-8-4-6-15-32-27)20-28-9-5-7-16-33-28/h4-13,15-16,22-23H,14,17-21H2,1-3H3,(H,34,41)(H,35,38)(H,36,40)/t22-,23+/m0/s1. The molecular weight excluding hydrogens is 520 g/mol. The molecule has 0 aliphatic carbocycles. The summed E-state index contributed by atoms with van der Waals surface area (Å²) in [4.78, 5) is 59.4. The summed E-state index contributed by atoms with van der Waals surface area (Å²) in [5, 5.41) is 8.35. The minimum atomic E-state index is -0.619. The number of carbonyl (C=O) groups is 4. The number of nitrogens with one attached hydrogen (secondary N) is 3. The molecule has 0 aliphatic rings. The van der Waals surface area contributed by atoms with Gasteiger partial charge in [-0.1, -0.05) is 31.2 Å². The van der Waals surface area contributed by atoms with Gasteiger partial charge in [0.15, 0.2) is 5.78 Å². The first kappa shape index (κ1) is 31.1. The Morgan fingerprint density at radius 2 is 1.46 bits per heavy atom. The van der Waals surface area contributed by atoms with Crippen LogP contribution in [0.1, 0.15) is 44.1 Å². The van der Waals surface area contributed by atoms with E-state index in [1.165, 1.54) is 6.92 Å². The number of nitrogens with zero attached hydrogens (tertiary/aromatic N) is 3. The van der Waals surface area contributed by atoms with E-state index in [4.69, 9.17) is 0 Å². The summed E-state index contributed by atoms with van der Waals surface area (Å²) in [6, 6.07) is 18.3. The van der Waals surface area contributed by atoms with Crippen molar-refractivity contribution < 1.29 is 19.2 Å². The van der Waals surface area contributed by atoms with Crippen LogP contribution in [0.15, 0.2) is 73.1 Å². The molecule has 0 bridgehead atoms. The van der Waals surface area contributed by atoms with E-state index in [1.807, 2.05) is 65.6 Å². The van der Waals surface area contributed by atoms with Gasteiger partial charge in [-0.15, -0.1) is 0 Å². The van der Waals surface area contributed by atoms with Crippen LogP contribution in [-0.2, 0) is 38.7 Å². The van der Waals surface area contributed by atoms with Gasteiger partial charge in [0.1, 0.15) is 0 Å². The number of Topliss-reactive ketones (excluding diaryl/α,β-unsaturated/α-hetero) is 1. The summed E-state index contributed by atoms with van der Waals surface area (Å²) in [7, 11) is 0. The zero-order chi connectivity index (χ0) is 29.6. The molecule has 0 radical (unpaired) electrons. The second kappa shape index (κ2) is 16.0. The Bertz CT molecular complexity index is 1240. The van der Waals surface area contributed by atoms with Crippen LogP contribution in [-0.4, -0.2) is 57.5 Å². The molecular formula is C31H38N6O4. The first-order valence-corrected chi connectivity index (χ1v) is 13.7. The van der Waals surface area contributed by atoms with Crippen molar-refractivity contribution in [2.24, 2.45) is 5.92 Å². The van der Waals surface area contributed by atoms with Crippen LogP contribution in [0, 0.1) is 5.92 Å². The minimum Gasteiger partial charge on any atom is -0.356 e. The topological polar surface area (TPSA) is 133 Å². The number of aromatic nitrogens is 2. The molecule has 2 heterocycles. The van der Waals surface area contributed by atoms with Gasteiger partial charge in [-0.05, 0) is 55.3 Å². The molecule has 3 aromatic rings. The second-order valence-electron chi connectivity index (χ2n) is 10.1. The lowest BCUT2D eigenvalue weighted by Gasteiger charge is -2.21. The third kappa shape index (κ3) is 11.3. The quantitative estimate of drug-likeness (QED) is 0.261. The molecule has 3 amide bonds. The fourth-order valence-corrected chi connectivity index (χ4v) is 4.23. The zero-order valence-corrected chi connectivity index (χ0v) is 23.8. The van der Waals surface area contributed by atoms with E-state index in [0.29, 0.717) is 31.7 Å². The smallest absolute Gasteiger partial charge is 0.238 e. The molecule has 0 unspecified atom stereocenters. The Morgan fingerprint density at radius 1 is 0.854 bits per heavy atom. The van der Waals surface area contributed by atoms with Crippen LogP contribution in [0.5, 0.6) is 0 Å². The van der Waals surface area contributed by atoms with E-state index in [2.05, 4.69) is 25.9 Å². The third-order valence-corrected chi connectivity index (χ3v) is 6.40. The van der Waals surface area contributed by atoms with Gasteiger partial charge in [0.05, 0.1) is 24.0 Å². The van der Waals surface area contributed by atoms with Crippen LogP contribution in [0.4, 0.5) is 5.69 Å². The van der Waals surface area contributed by atoms with E-state index in [0.717, 1.165) is 17.0 Å². The molecule has 1 aromatic carbocycles. The van der Waals surface area contributed by atoms with Gasteiger partial charge in [-0.3, -0.25) is 34.0 Å². The summed E-state index contributed by atoms with van der Waals surface area (Å²) in [5.74, 6) is -1.31. The fourth-order valence-electron chi connectivity index (χ4n) is 4.23. The van der Waals surface area contributed by atoms with Crippen molar-refractivity contribution in [3.05, 3.63) is 90.0 Å². The molecule has 10 nitrogen and oxygen atoms in total. The normalized spacial score (nSPS) is 12.3. The van der Waals surface area contributed by atoms with Crippen molar-refractivity contribution in [2.75, 3.05) is 18.4 Å². The van der Waals surface area contributed by atoms with E-state index in [-0.39, 0.29) is 36.5 Å². The van der Waals surface area contributed by atoms with Crippen LogP contribution in [0.2, 0.25) is 0 Å². The predicted molar refractivity (Wildman–Crippen MR) is 156 cm³/mol. The number of carbonyl (C=O) groups excluding carboxylic acids is 4. The highest BCUT2D eigenvalue weighted by Crippen LogP contribution is 2.12. The Hall–Kier alpha value is -4.44. The number of rotatable bonds is 15. The van der Waals surface area contributed by atoms with E-state index in [1.54, 1.807) is 26.2 Å². The Labute approximate surface area is 241 Å². The highest BCUT2D eigenvalue weighted by atomic mass is 16.2. The number of benzene rings is 1. The van der Waals surface area contributed by atoms with Crippen molar-refractivity contribution >= 4 is 29.2 Å². The lowest BCUT2D eigenvalue weighted by atomic mass is 10.00. The van der Waals surface area contributed by atoms with Crippen LogP contribution in [0.25, 0.3) is 0 Å². The molecule has 2 atom stereocenters. The maximum absolute atomic E-state index is 12.9. The number of hydrogen-bond acceptors (Lipinski definition) is 7. The molecule has 216 valence electrons. The maximum atomic E-state index is 12.9. The monoisotopic (exact) mass is 558 g/mol. The molecule has 3 N–H and O–H groups in total. The van der Waals surface area contributed by atoms with Crippen molar-refractivity contribution in [1.29, 1.82) is 0 Å². The van der Waals surface area contributed by atoms with Crippen molar-refractivity contribution in [3.8, 4) is 0 Å². The maximum Gasteiger partial charge on any atom is 0.238 e. The minimum absolute atomic E-state index is 0.0584. The number of ketones is 1. The first-order valence-electron chi connectivity index (χ1n) is 13.7. The Balaban J connectivity index is 1.46. The lowest BCUT2D eigenvalue weighted by molar-refractivity contribution is -0.130. The molecule has 10 heteroatoms. The van der Waals surface area contributed by atoms with E-state index < -0.39 is 12.0 Å².